The van der Waals surface area contributed by atoms with E-state index in [-0.39, 0.29) is 31.0 Å². The zero-order chi connectivity index (χ0) is 22.3. The van der Waals surface area contributed by atoms with Gasteiger partial charge in [0, 0.05) is 17.6 Å². The van der Waals surface area contributed by atoms with E-state index in [9.17, 15) is 9.59 Å². The minimum atomic E-state index is -0.646. The molecule has 2 aromatic carbocycles. The van der Waals surface area contributed by atoms with Crippen LogP contribution in [-0.2, 0) is 16.1 Å². The predicted octanol–water partition coefficient (Wildman–Crippen LogP) is 4.67. The number of hydrogen-bond acceptors (Lipinski definition) is 3. The Kier molecular flexibility index (Phi) is 8.72. The number of carbonyl (C=O) groups is 2. The standard InChI is InChI=1S/C24H31ClN2O3/c1-6-18(4)26-24(29)19(5)27(14-20-8-7-9-21(25)13-20)23(28)15-30-22-12-16(2)10-11-17(22)3/h7-13,18-19H,6,14-15H2,1-5H3,(H,26,29)/t18-,19+/m1/s1. The molecular weight excluding hydrogens is 400 g/mol. The fourth-order valence-electron chi connectivity index (χ4n) is 2.97. The molecule has 30 heavy (non-hydrogen) atoms. The van der Waals surface area contributed by atoms with Gasteiger partial charge in [-0.25, -0.2) is 0 Å². The highest BCUT2D eigenvalue weighted by atomic mass is 35.5. The lowest BCUT2D eigenvalue weighted by atomic mass is 10.1. The van der Waals surface area contributed by atoms with Crippen molar-refractivity contribution in [2.45, 2.75) is 59.7 Å². The van der Waals surface area contributed by atoms with Gasteiger partial charge in [-0.2, -0.15) is 0 Å². The van der Waals surface area contributed by atoms with Crippen LogP contribution >= 0.6 is 11.6 Å². The number of ether oxygens (including phenoxy) is 1. The van der Waals surface area contributed by atoms with E-state index < -0.39 is 6.04 Å². The van der Waals surface area contributed by atoms with Gasteiger partial charge in [0.25, 0.3) is 5.91 Å². The smallest absolute Gasteiger partial charge is 0.261 e. The van der Waals surface area contributed by atoms with Crippen LogP contribution in [0.2, 0.25) is 5.02 Å². The number of aryl methyl sites for hydroxylation is 2. The zero-order valence-corrected chi connectivity index (χ0v) is 19.1. The topological polar surface area (TPSA) is 58.6 Å². The van der Waals surface area contributed by atoms with Gasteiger partial charge in [-0.05, 0) is 69.0 Å². The Hall–Kier alpha value is -2.53. The fourth-order valence-corrected chi connectivity index (χ4v) is 3.18. The molecule has 5 nitrogen and oxygen atoms in total. The first-order chi connectivity index (χ1) is 14.2. The summed E-state index contributed by atoms with van der Waals surface area (Å²) in [6.45, 7) is 9.71. The second-order valence-electron chi connectivity index (χ2n) is 7.70. The van der Waals surface area contributed by atoms with Crippen LogP contribution < -0.4 is 10.1 Å². The summed E-state index contributed by atoms with van der Waals surface area (Å²) in [6.07, 6.45) is 0.816. The van der Waals surface area contributed by atoms with Crippen molar-refractivity contribution < 1.29 is 14.3 Å². The molecular formula is C24H31ClN2O3. The van der Waals surface area contributed by atoms with Gasteiger partial charge >= 0.3 is 0 Å². The van der Waals surface area contributed by atoms with Crippen LogP contribution in [-0.4, -0.2) is 35.4 Å². The largest absolute Gasteiger partial charge is 0.483 e. The molecule has 0 fully saturated rings. The first-order valence-corrected chi connectivity index (χ1v) is 10.6. The predicted molar refractivity (Wildman–Crippen MR) is 121 cm³/mol. The Labute approximate surface area is 184 Å². The molecule has 162 valence electrons. The summed E-state index contributed by atoms with van der Waals surface area (Å²) >= 11 is 6.10. The third-order valence-electron chi connectivity index (χ3n) is 5.11. The molecule has 0 heterocycles. The van der Waals surface area contributed by atoms with Gasteiger partial charge < -0.3 is 15.0 Å². The van der Waals surface area contributed by atoms with Gasteiger partial charge in [-0.15, -0.1) is 0 Å². The quantitative estimate of drug-likeness (QED) is 0.629. The van der Waals surface area contributed by atoms with Crippen molar-refractivity contribution in [3.8, 4) is 5.75 Å². The molecule has 1 N–H and O–H groups in total. The van der Waals surface area contributed by atoms with E-state index in [0.717, 1.165) is 23.1 Å². The molecule has 2 rings (SSSR count). The Balaban J connectivity index is 2.19. The second kappa shape index (κ2) is 11.0. The number of benzene rings is 2. The number of amides is 2. The maximum absolute atomic E-state index is 13.1. The molecule has 6 heteroatoms. The highest BCUT2D eigenvalue weighted by Gasteiger charge is 2.27. The third-order valence-corrected chi connectivity index (χ3v) is 5.34. The Morgan fingerprint density at radius 2 is 1.87 bits per heavy atom. The molecule has 0 bridgehead atoms. The molecule has 2 atom stereocenters. The first kappa shape index (κ1) is 23.7. The zero-order valence-electron chi connectivity index (χ0n) is 18.4. The minimum absolute atomic E-state index is 0.0364. The number of rotatable bonds is 9. The molecule has 2 amide bonds. The van der Waals surface area contributed by atoms with Gasteiger partial charge in [0.05, 0.1) is 0 Å². The third kappa shape index (κ3) is 6.77. The van der Waals surface area contributed by atoms with E-state index in [1.165, 1.54) is 4.90 Å². The van der Waals surface area contributed by atoms with Crippen LogP contribution in [0.25, 0.3) is 0 Å². The molecule has 0 saturated heterocycles. The number of halogens is 1. The lowest BCUT2D eigenvalue weighted by molar-refractivity contribution is -0.142. The van der Waals surface area contributed by atoms with Crippen molar-refractivity contribution >= 4 is 23.4 Å². The van der Waals surface area contributed by atoms with Gasteiger partial charge in [0.1, 0.15) is 11.8 Å². The molecule has 0 aliphatic carbocycles. The fraction of sp³-hybridized carbons (Fsp3) is 0.417. The Morgan fingerprint density at radius 3 is 2.53 bits per heavy atom. The van der Waals surface area contributed by atoms with Crippen LogP contribution in [0.5, 0.6) is 5.75 Å². The molecule has 0 aromatic heterocycles. The van der Waals surface area contributed by atoms with Crippen molar-refractivity contribution in [1.82, 2.24) is 10.2 Å². The van der Waals surface area contributed by atoms with E-state index in [2.05, 4.69) is 5.32 Å². The van der Waals surface area contributed by atoms with Gasteiger partial charge in [0.15, 0.2) is 6.61 Å². The van der Waals surface area contributed by atoms with Crippen molar-refractivity contribution in [2.24, 2.45) is 0 Å². The Bertz CT molecular complexity index is 885. The van der Waals surface area contributed by atoms with E-state index >= 15 is 0 Å². The van der Waals surface area contributed by atoms with E-state index in [1.54, 1.807) is 19.1 Å². The van der Waals surface area contributed by atoms with Gasteiger partial charge in [-0.1, -0.05) is 42.8 Å². The van der Waals surface area contributed by atoms with Crippen molar-refractivity contribution in [3.63, 3.8) is 0 Å². The van der Waals surface area contributed by atoms with Crippen LogP contribution in [0.4, 0.5) is 0 Å². The summed E-state index contributed by atoms with van der Waals surface area (Å²) in [5.74, 6) is 0.219. The highest BCUT2D eigenvalue weighted by Crippen LogP contribution is 2.20. The molecule has 0 saturated carbocycles. The average Bonchev–Trinajstić information content (AvgIpc) is 2.71. The normalized spacial score (nSPS) is 12.7. The lowest BCUT2D eigenvalue weighted by Gasteiger charge is -2.29. The average molecular weight is 431 g/mol. The first-order valence-electron chi connectivity index (χ1n) is 10.3. The number of hydrogen-bond donors (Lipinski definition) is 1. The van der Waals surface area contributed by atoms with Crippen LogP contribution in [0.1, 0.15) is 43.9 Å². The number of carbonyl (C=O) groups excluding carboxylic acids is 2. The summed E-state index contributed by atoms with van der Waals surface area (Å²) in [7, 11) is 0. The van der Waals surface area contributed by atoms with Gasteiger partial charge in [-0.3, -0.25) is 9.59 Å². The number of nitrogens with zero attached hydrogens (tertiary/aromatic N) is 1. The van der Waals surface area contributed by atoms with E-state index in [1.807, 2.05) is 58.0 Å². The lowest BCUT2D eigenvalue weighted by Crippen LogP contribution is -2.50. The highest BCUT2D eigenvalue weighted by molar-refractivity contribution is 6.30. The summed E-state index contributed by atoms with van der Waals surface area (Å²) in [4.78, 5) is 27.3. The number of nitrogens with one attached hydrogen (secondary N) is 1. The molecule has 0 spiro atoms. The van der Waals surface area contributed by atoms with Crippen LogP contribution in [0.15, 0.2) is 42.5 Å². The maximum Gasteiger partial charge on any atom is 0.261 e. The second-order valence-corrected chi connectivity index (χ2v) is 8.14. The van der Waals surface area contributed by atoms with Gasteiger partial charge in [0.2, 0.25) is 5.91 Å². The monoisotopic (exact) mass is 430 g/mol. The maximum atomic E-state index is 13.1. The minimum Gasteiger partial charge on any atom is -0.483 e. The molecule has 0 radical (unpaired) electrons. The SMILES string of the molecule is CC[C@@H](C)NC(=O)[C@H](C)N(Cc1cccc(Cl)c1)C(=O)COc1cc(C)ccc1C. The van der Waals surface area contributed by atoms with Crippen molar-refractivity contribution in [1.29, 1.82) is 0 Å². The van der Waals surface area contributed by atoms with Crippen molar-refractivity contribution in [3.05, 3.63) is 64.2 Å². The Morgan fingerprint density at radius 1 is 1.13 bits per heavy atom. The van der Waals surface area contributed by atoms with Crippen molar-refractivity contribution in [2.75, 3.05) is 6.61 Å². The molecule has 0 aliphatic rings. The van der Waals surface area contributed by atoms with Crippen LogP contribution in [0.3, 0.4) is 0 Å². The van der Waals surface area contributed by atoms with Crippen LogP contribution in [0, 0.1) is 13.8 Å². The van der Waals surface area contributed by atoms with E-state index in [4.69, 9.17) is 16.3 Å². The summed E-state index contributed by atoms with van der Waals surface area (Å²) in [5.41, 5.74) is 2.86. The molecule has 2 aromatic rings. The molecule has 0 aliphatic heterocycles. The summed E-state index contributed by atoms with van der Waals surface area (Å²) < 4.78 is 5.81. The molecule has 0 unspecified atom stereocenters. The summed E-state index contributed by atoms with van der Waals surface area (Å²) in [6, 6.07) is 12.5. The van der Waals surface area contributed by atoms with E-state index in [0.29, 0.717) is 10.8 Å². The summed E-state index contributed by atoms with van der Waals surface area (Å²) in [5, 5.41) is 3.54.